The zero-order chi connectivity index (χ0) is 13.9. The number of hydrogen-bond donors (Lipinski definition) is 1. The maximum Gasteiger partial charge on any atom is 0.0456 e. The van der Waals surface area contributed by atoms with Gasteiger partial charge in [0.25, 0.3) is 0 Å². The van der Waals surface area contributed by atoms with E-state index >= 15 is 0 Å². The van der Waals surface area contributed by atoms with Crippen LogP contribution in [0.15, 0.2) is 24.3 Å². The molecular weight excluding hydrogens is 254 g/mol. The predicted octanol–water partition coefficient (Wildman–Crippen LogP) is 5.14. The van der Waals surface area contributed by atoms with Gasteiger partial charge in [0.2, 0.25) is 0 Å². The second-order valence-corrected chi connectivity index (χ2v) is 7.44. The van der Waals surface area contributed by atoms with Gasteiger partial charge in [0.05, 0.1) is 0 Å². The molecule has 0 aromatic heterocycles. The maximum absolute atomic E-state index is 6.49. The van der Waals surface area contributed by atoms with Gasteiger partial charge in [0.1, 0.15) is 0 Å². The van der Waals surface area contributed by atoms with E-state index in [0.717, 1.165) is 18.0 Å². The predicted molar refractivity (Wildman–Crippen MR) is 83.7 cm³/mol. The third-order valence-corrected chi connectivity index (χ3v) is 4.29. The van der Waals surface area contributed by atoms with Gasteiger partial charge >= 0.3 is 0 Å². The molecule has 1 aromatic carbocycles. The minimum atomic E-state index is 0.0487. The normalized spacial score (nSPS) is 25.1. The molecule has 1 aliphatic rings. The lowest BCUT2D eigenvalue weighted by atomic mass is 9.73. The van der Waals surface area contributed by atoms with E-state index in [2.05, 4.69) is 38.2 Å². The fourth-order valence-corrected chi connectivity index (χ4v) is 3.69. The van der Waals surface area contributed by atoms with E-state index < -0.39 is 0 Å². The van der Waals surface area contributed by atoms with Crippen LogP contribution in [-0.4, -0.2) is 6.54 Å². The van der Waals surface area contributed by atoms with Crippen molar-refractivity contribution in [1.29, 1.82) is 0 Å². The molecule has 0 bridgehead atoms. The van der Waals surface area contributed by atoms with E-state index in [4.69, 9.17) is 11.6 Å². The second-order valence-electron chi connectivity index (χ2n) is 7.04. The Morgan fingerprint density at radius 2 is 1.89 bits per heavy atom. The average Bonchev–Trinajstić information content (AvgIpc) is 2.54. The first-order valence-electron chi connectivity index (χ1n) is 7.43. The Hall–Kier alpha value is -0.530. The van der Waals surface area contributed by atoms with Crippen LogP contribution < -0.4 is 5.32 Å². The van der Waals surface area contributed by atoms with E-state index in [-0.39, 0.29) is 11.0 Å². The van der Waals surface area contributed by atoms with Crippen molar-refractivity contribution in [3.63, 3.8) is 0 Å². The molecule has 1 fully saturated rings. The molecule has 0 amide bonds. The first kappa shape index (κ1) is 14.9. The van der Waals surface area contributed by atoms with Gasteiger partial charge < -0.3 is 5.32 Å². The van der Waals surface area contributed by atoms with Crippen LogP contribution in [0.2, 0.25) is 5.02 Å². The molecular formula is C17H26ClN. The molecule has 1 saturated heterocycles. The molecule has 0 aliphatic carbocycles. The Morgan fingerprint density at radius 1 is 1.16 bits per heavy atom. The van der Waals surface area contributed by atoms with E-state index in [1.807, 2.05) is 12.1 Å². The lowest BCUT2D eigenvalue weighted by molar-refractivity contribution is 0.202. The molecule has 1 nitrogen and oxygen atoms in total. The number of rotatable bonds is 2. The highest BCUT2D eigenvalue weighted by molar-refractivity contribution is 6.31. The Bertz CT molecular complexity index is 412. The maximum atomic E-state index is 6.49. The zero-order valence-corrected chi connectivity index (χ0v) is 13.2. The van der Waals surface area contributed by atoms with Crippen molar-refractivity contribution in [2.24, 2.45) is 5.41 Å². The Kier molecular flexibility index (Phi) is 4.58. The average molecular weight is 280 g/mol. The monoisotopic (exact) mass is 279 g/mol. The van der Waals surface area contributed by atoms with Crippen molar-refractivity contribution in [3.8, 4) is 0 Å². The number of nitrogens with one attached hydrogen (secondary N) is 1. The summed E-state index contributed by atoms with van der Waals surface area (Å²) in [6.07, 6.45) is 6.20. The molecule has 0 saturated carbocycles. The van der Waals surface area contributed by atoms with Crippen LogP contribution in [0.5, 0.6) is 0 Å². The summed E-state index contributed by atoms with van der Waals surface area (Å²) in [5.74, 6) is 0. The van der Waals surface area contributed by atoms with Crippen LogP contribution in [0.4, 0.5) is 0 Å². The molecule has 1 unspecified atom stereocenters. The summed E-state index contributed by atoms with van der Waals surface area (Å²) >= 11 is 6.49. The van der Waals surface area contributed by atoms with E-state index in [1.54, 1.807) is 0 Å². The van der Waals surface area contributed by atoms with Gasteiger partial charge in [-0.2, -0.15) is 0 Å². The Balaban J connectivity index is 2.41. The summed E-state index contributed by atoms with van der Waals surface area (Å²) in [5, 5.41) is 4.73. The summed E-state index contributed by atoms with van der Waals surface area (Å²) in [7, 11) is 0. The molecule has 0 spiro atoms. The minimum absolute atomic E-state index is 0.0487. The fourth-order valence-electron chi connectivity index (χ4n) is 3.38. The molecule has 0 radical (unpaired) electrons. The Morgan fingerprint density at radius 3 is 2.58 bits per heavy atom. The van der Waals surface area contributed by atoms with Crippen LogP contribution in [0.25, 0.3) is 0 Å². The van der Waals surface area contributed by atoms with Crippen molar-refractivity contribution in [1.82, 2.24) is 5.32 Å². The van der Waals surface area contributed by atoms with Gasteiger partial charge in [-0.1, -0.05) is 63.4 Å². The van der Waals surface area contributed by atoms with Crippen LogP contribution in [0.1, 0.15) is 58.4 Å². The van der Waals surface area contributed by atoms with Crippen molar-refractivity contribution in [3.05, 3.63) is 34.9 Å². The summed E-state index contributed by atoms with van der Waals surface area (Å²) in [6.45, 7) is 8.05. The molecule has 1 aliphatic heterocycles. The van der Waals surface area contributed by atoms with Crippen LogP contribution >= 0.6 is 11.6 Å². The largest absolute Gasteiger partial charge is 0.307 e. The quantitative estimate of drug-likeness (QED) is 0.791. The number of halogens is 1. The van der Waals surface area contributed by atoms with E-state index in [9.17, 15) is 0 Å². The second kappa shape index (κ2) is 5.85. The highest BCUT2D eigenvalue weighted by Crippen LogP contribution is 2.42. The first-order valence-corrected chi connectivity index (χ1v) is 7.81. The SMILES string of the molecule is CC(C)(C)CC1(c2ccccc2Cl)CCCCCN1. The van der Waals surface area contributed by atoms with Crippen LogP contribution in [0.3, 0.4) is 0 Å². The molecule has 1 heterocycles. The van der Waals surface area contributed by atoms with Crippen molar-refractivity contribution >= 4 is 11.6 Å². The summed E-state index contributed by atoms with van der Waals surface area (Å²) in [6, 6.07) is 8.35. The van der Waals surface area contributed by atoms with Crippen molar-refractivity contribution < 1.29 is 0 Å². The Labute approximate surface area is 122 Å². The minimum Gasteiger partial charge on any atom is -0.307 e. The lowest BCUT2D eigenvalue weighted by Gasteiger charge is -2.40. The molecule has 1 N–H and O–H groups in total. The highest BCUT2D eigenvalue weighted by Gasteiger charge is 2.37. The molecule has 2 heteroatoms. The molecule has 1 aromatic rings. The van der Waals surface area contributed by atoms with Gasteiger partial charge in [-0.05, 0) is 42.9 Å². The van der Waals surface area contributed by atoms with Crippen molar-refractivity contribution in [2.75, 3.05) is 6.54 Å². The molecule has 2 rings (SSSR count). The molecule has 106 valence electrons. The van der Waals surface area contributed by atoms with Crippen LogP contribution in [0, 0.1) is 5.41 Å². The van der Waals surface area contributed by atoms with Gasteiger partial charge in [-0.15, -0.1) is 0 Å². The smallest absolute Gasteiger partial charge is 0.0456 e. The van der Waals surface area contributed by atoms with E-state index in [0.29, 0.717) is 0 Å². The fraction of sp³-hybridized carbons (Fsp3) is 0.647. The van der Waals surface area contributed by atoms with Gasteiger partial charge in [-0.25, -0.2) is 0 Å². The van der Waals surface area contributed by atoms with Crippen molar-refractivity contribution in [2.45, 2.75) is 58.4 Å². The van der Waals surface area contributed by atoms with Gasteiger partial charge in [-0.3, -0.25) is 0 Å². The van der Waals surface area contributed by atoms with E-state index in [1.165, 1.54) is 31.2 Å². The highest BCUT2D eigenvalue weighted by atomic mass is 35.5. The third kappa shape index (κ3) is 3.73. The van der Waals surface area contributed by atoms with Crippen LogP contribution in [-0.2, 0) is 5.54 Å². The number of hydrogen-bond acceptors (Lipinski definition) is 1. The molecule has 19 heavy (non-hydrogen) atoms. The lowest BCUT2D eigenvalue weighted by Crippen LogP contribution is -2.44. The molecule has 1 atom stereocenters. The van der Waals surface area contributed by atoms with Gasteiger partial charge in [0, 0.05) is 10.6 Å². The first-order chi connectivity index (χ1) is 8.93. The summed E-state index contributed by atoms with van der Waals surface area (Å²) in [4.78, 5) is 0. The zero-order valence-electron chi connectivity index (χ0n) is 12.4. The standard InChI is InChI=1S/C17H26ClN/c1-16(2,3)13-17(11-7-4-8-12-19-17)14-9-5-6-10-15(14)18/h5-6,9-10,19H,4,7-8,11-13H2,1-3H3. The number of benzene rings is 1. The topological polar surface area (TPSA) is 12.0 Å². The summed E-state index contributed by atoms with van der Waals surface area (Å²) in [5.41, 5.74) is 1.62. The third-order valence-electron chi connectivity index (χ3n) is 3.97. The van der Waals surface area contributed by atoms with Gasteiger partial charge in [0.15, 0.2) is 0 Å². The summed E-state index contributed by atoms with van der Waals surface area (Å²) < 4.78 is 0.